The fourth-order valence-corrected chi connectivity index (χ4v) is 6.74. The second kappa shape index (κ2) is 13.7. The van der Waals surface area contributed by atoms with Crippen molar-refractivity contribution in [2.45, 2.75) is 116 Å². The molecular formula is C36H52ClN3O6. The lowest BCUT2D eigenvalue weighted by Gasteiger charge is -2.44. The van der Waals surface area contributed by atoms with Gasteiger partial charge in [0.1, 0.15) is 29.6 Å². The summed E-state index contributed by atoms with van der Waals surface area (Å²) in [7, 11) is 3.57. The number of aryl methyl sites for hydroxylation is 1. The standard InChI is InChI=1S/C36H52ClN3O6/c1-20(2)39(10)25(7)34(42)45-30-18-31(41)40(11)28-17-27(16-22(4)32(28)37)15-21(3)13-12-14-23(5)36(43)19-29(44-26(8)38-36)24(6)33-35(30,9)46-33/h12-14,16-17,20,23-25,29-30,33,38,43H,8,15,18-19H2,1-7,9-11H3/b14-12+,21-13+. The van der Waals surface area contributed by atoms with E-state index in [0.717, 1.165) is 16.7 Å². The Morgan fingerprint density at radius 3 is 2.59 bits per heavy atom. The van der Waals surface area contributed by atoms with Crippen LogP contribution >= 0.6 is 11.6 Å². The summed E-state index contributed by atoms with van der Waals surface area (Å²) in [5, 5.41) is 15.3. The number of ether oxygens (including phenoxy) is 3. The summed E-state index contributed by atoms with van der Waals surface area (Å²) in [6.07, 6.45) is 5.05. The Hall–Kier alpha value is -2.85. The predicted octanol–water partition coefficient (Wildman–Crippen LogP) is 5.67. The quantitative estimate of drug-likeness (QED) is 0.316. The van der Waals surface area contributed by atoms with E-state index >= 15 is 0 Å². The number of halogens is 1. The van der Waals surface area contributed by atoms with Gasteiger partial charge in [-0.25, -0.2) is 0 Å². The number of esters is 1. The molecule has 254 valence electrons. The van der Waals surface area contributed by atoms with Gasteiger partial charge in [0.05, 0.1) is 23.2 Å². The molecule has 1 aromatic rings. The zero-order valence-corrected chi connectivity index (χ0v) is 29.8. The van der Waals surface area contributed by atoms with Crippen LogP contribution in [-0.4, -0.2) is 77.7 Å². The number of rotatable bonds is 4. The Morgan fingerprint density at radius 2 is 1.93 bits per heavy atom. The Kier molecular flexibility index (Phi) is 10.7. The first-order chi connectivity index (χ1) is 21.4. The van der Waals surface area contributed by atoms with E-state index in [0.29, 0.717) is 17.1 Å². The number of carbonyl (C=O) groups is 2. The van der Waals surface area contributed by atoms with Gasteiger partial charge in [0.25, 0.3) is 0 Å². The lowest BCUT2D eigenvalue weighted by atomic mass is 9.82. The van der Waals surface area contributed by atoms with Gasteiger partial charge >= 0.3 is 5.97 Å². The number of aliphatic hydroxyl groups is 1. The van der Waals surface area contributed by atoms with Gasteiger partial charge in [0.2, 0.25) is 5.91 Å². The summed E-state index contributed by atoms with van der Waals surface area (Å²) in [4.78, 5) is 31.0. The fourth-order valence-electron chi connectivity index (χ4n) is 6.51. The number of carbonyl (C=O) groups excluding carboxylic acids is 2. The summed E-state index contributed by atoms with van der Waals surface area (Å²) >= 11 is 6.77. The molecule has 10 heteroatoms. The average molecular weight is 658 g/mol. The molecule has 2 fully saturated rings. The minimum absolute atomic E-state index is 0.108. The van der Waals surface area contributed by atoms with Gasteiger partial charge in [-0.2, -0.15) is 0 Å². The molecule has 3 heterocycles. The number of anilines is 1. The third-order valence-corrected chi connectivity index (χ3v) is 10.7. The van der Waals surface area contributed by atoms with Crippen molar-refractivity contribution in [1.29, 1.82) is 0 Å². The smallest absolute Gasteiger partial charge is 0.323 e. The molecule has 8 atom stereocenters. The number of amides is 1. The number of benzene rings is 1. The van der Waals surface area contributed by atoms with Gasteiger partial charge in [-0.05, 0) is 78.8 Å². The van der Waals surface area contributed by atoms with E-state index in [-0.39, 0.29) is 42.5 Å². The van der Waals surface area contributed by atoms with Crippen LogP contribution in [0.5, 0.6) is 0 Å². The molecular weight excluding hydrogens is 606 g/mol. The van der Waals surface area contributed by atoms with Crippen LogP contribution in [0.2, 0.25) is 5.02 Å². The van der Waals surface area contributed by atoms with Crippen LogP contribution in [-0.2, 0) is 30.2 Å². The number of hydrogen-bond donors (Lipinski definition) is 2. The first kappa shape index (κ1) is 36.0. The molecule has 4 rings (SSSR count). The monoisotopic (exact) mass is 657 g/mol. The van der Waals surface area contributed by atoms with Crippen LogP contribution < -0.4 is 10.2 Å². The minimum atomic E-state index is -1.30. The van der Waals surface area contributed by atoms with Crippen LogP contribution in [0.4, 0.5) is 5.69 Å². The number of likely N-dealkylation sites (N-methyl/N-ethyl adjacent to an activating group) is 1. The first-order valence-electron chi connectivity index (χ1n) is 16.2. The highest BCUT2D eigenvalue weighted by Crippen LogP contribution is 2.49. The van der Waals surface area contributed by atoms with Gasteiger partial charge in [0.15, 0.2) is 5.88 Å². The molecule has 4 bridgehead atoms. The molecule has 0 aromatic heterocycles. The number of nitrogens with zero attached hydrogens (tertiary/aromatic N) is 2. The van der Waals surface area contributed by atoms with E-state index in [1.54, 1.807) is 18.9 Å². The molecule has 46 heavy (non-hydrogen) atoms. The molecule has 2 N–H and O–H groups in total. The van der Waals surface area contributed by atoms with Crippen molar-refractivity contribution >= 4 is 29.2 Å². The lowest BCUT2D eigenvalue weighted by molar-refractivity contribution is -0.159. The number of fused-ring (bicyclic) bond motifs is 5. The summed E-state index contributed by atoms with van der Waals surface area (Å²) < 4.78 is 18.6. The highest BCUT2D eigenvalue weighted by molar-refractivity contribution is 6.34. The Morgan fingerprint density at radius 1 is 1.26 bits per heavy atom. The van der Waals surface area contributed by atoms with Crippen molar-refractivity contribution < 1.29 is 28.9 Å². The Labute approximate surface area is 279 Å². The normalized spacial score (nSPS) is 34.6. The highest BCUT2D eigenvalue weighted by Gasteiger charge is 2.64. The van der Waals surface area contributed by atoms with Crippen molar-refractivity contribution in [3.05, 3.63) is 64.5 Å². The fraction of sp³-hybridized carbons (Fsp3) is 0.611. The number of allylic oxidation sites excluding steroid dienone is 3. The van der Waals surface area contributed by atoms with Crippen molar-refractivity contribution in [3.63, 3.8) is 0 Å². The maximum atomic E-state index is 14.0. The summed E-state index contributed by atoms with van der Waals surface area (Å²) in [6.45, 7) is 19.6. The van der Waals surface area contributed by atoms with E-state index in [9.17, 15) is 14.7 Å². The molecule has 3 aliphatic heterocycles. The van der Waals surface area contributed by atoms with E-state index in [1.807, 2.05) is 90.8 Å². The third-order valence-electron chi connectivity index (χ3n) is 10.2. The van der Waals surface area contributed by atoms with Gasteiger partial charge < -0.3 is 29.5 Å². The van der Waals surface area contributed by atoms with Gasteiger partial charge in [-0.15, -0.1) is 0 Å². The number of nitrogens with one attached hydrogen (secondary N) is 1. The Bertz CT molecular complexity index is 1410. The van der Waals surface area contributed by atoms with Crippen molar-refractivity contribution in [3.8, 4) is 0 Å². The van der Waals surface area contributed by atoms with E-state index in [1.165, 1.54) is 0 Å². The minimum Gasteiger partial charge on any atom is -0.476 e. The van der Waals surface area contributed by atoms with Crippen LogP contribution in [0.3, 0.4) is 0 Å². The summed E-state index contributed by atoms with van der Waals surface area (Å²) in [5.74, 6) is -0.911. The molecule has 8 unspecified atom stereocenters. The molecule has 1 amide bonds. The largest absolute Gasteiger partial charge is 0.476 e. The third kappa shape index (κ3) is 7.48. The molecule has 9 nitrogen and oxygen atoms in total. The van der Waals surface area contributed by atoms with Crippen molar-refractivity contribution in [2.24, 2.45) is 11.8 Å². The summed E-state index contributed by atoms with van der Waals surface area (Å²) in [5.41, 5.74) is 1.29. The Balaban J connectivity index is 1.76. The van der Waals surface area contributed by atoms with Crippen LogP contribution in [0.25, 0.3) is 0 Å². The van der Waals surface area contributed by atoms with Gasteiger partial charge in [-0.3, -0.25) is 14.5 Å². The SMILES string of the molecule is C=C1NC2(O)CC(O1)C(C)C1OC1(C)C(OC(=O)C(C)N(C)C(C)C)CC(=O)N(C)c1cc(cc(C)c1Cl)C/C(C)=C/C=C/C2C. The zero-order valence-electron chi connectivity index (χ0n) is 29.0. The number of epoxide rings is 1. The molecule has 0 spiro atoms. The molecule has 0 aliphatic carbocycles. The lowest BCUT2D eigenvalue weighted by Crippen LogP contribution is -2.57. The van der Waals surface area contributed by atoms with Gasteiger partial charge in [0, 0.05) is 31.3 Å². The molecule has 2 saturated heterocycles. The van der Waals surface area contributed by atoms with Crippen LogP contribution in [0.1, 0.15) is 72.4 Å². The second-order valence-corrected chi connectivity index (χ2v) is 14.4. The molecule has 0 saturated carbocycles. The summed E-state index contributed by atoms with van der Waals surface area (Å²) in [6, 6.07) is 3.54. The maximum absolute atomic E-state index is 14.0. The number of hydrogen-bond acceptors (Lipinski definition) is 8. The molecule has 3 aliphatic rings. The average Bonchev–Trinajstić information content (AvgIpc) is 3.68. The van der Waals surface area contributed by atoms with Crippen molar-refractivity contribution in [2.75, 3.05) is 19.0 Å². The molecule has 1 aromatic carbocycles. The van der Waals surface area contributed by atoms with E-state index in [2.05, 4.69) is 11.9 Å². The van der Waals surface area contributed by atoms with Gasteiger partial charge in [-0.1, -0.05) is 55.3 Å². The first-order valence-corrected chi connectivity index (χ1v) is 16.6. The highest BCUT2D eigenvalue weighted by atomic mass is 35.5. The second-order valence-electron chi connectivity index (χ2n) is 14.0. The van der Waals surface area contributed by atoms with E-state index < -0.39 is 41.6 Å². The van der Waals surface area contributed by atoms with Crippen LogP contribution in [0.15, 0.2) is 48.4 Å². The maximum Gasteiger partial charge on any atom is 0.323 e. The predicted molar refractivity (Wildman–Crippen MR) is 181 cm³/mol. The van der Waals surface area contributed by atoms with Crippen LogP contribution in [0, 0.1) is 18.8 Å². The topological polar surface area (TPSA) is 104 Å². The van der Waals surface area contributed by atoms with E-state index in [4.69, 9.17) is 25.8 Å². The van der Waals surface area contributed by atoms with Crippen molar-refractivity contribution in [1.82, 2.24) is 10.2 Å². The molecule has 0 radical (unpaired) electrons. The zero-order chi connectivity index (χ0) is 34.3.